The molecule has 208 valence electrons. The Morgan fingerprint density at radius 1 is 0.762 bits per heavy atom. The number of ether oxygens (including phenoxy) is 1. The highest BCUT2D eigenvalue weighted by Gasteiger charge is 2.28. The topological polar surface area (TPSA) is 9.23 Å². The Labute approximate surface area is 252 Å². The zero-order chi connectivity index (χ0) is 28.6. The van der Waals surface area contributed by atoms with Gasteiger partial charge in [-0.3, -0.25) is 0 Å². The average Bonchev–Trinajstić information content (AvgIpc) is 3.05. The highest BCUT2D eigenvalue weighted by atomic mass is 31.1. The fraction of sp³-hybridized carbons (Fsp3) is 0.150. The number of benzene rings is 4. The first-order valence-electron chi connectivity index (χ1n) is 15.0. The van der Waals surface area contributed by atoms with Gasteiger partial charge in [0.2, 0.25) is 0 Å². The van der Waals surface area contributed by atoms with E-state index in [4.69, 9.17) is 4.74 Å². The van der Waals surface area contributed by atoms with E-state index in [-0.39, 0.29) is 0 Å². The molecule has 0 saturated heterocycles. The number of allylic oxidation sites excluding steroid dienone is 9. The van der Waals surface area contributed by atoms with Gasteiger partial charge in [0, 0.05) is 10.9 Å². The van der Waals surface area contributed by atoms with Crippen LogP contribution in [0.4, 0.5) is 0 Å². The first-order valence-corrected chi connectivity index (χ1v) is 16.3. The van der Waals surface area contributed by atoms with E-state index in [9.17, 15) is 0 Å². The summed E-state index contributed by atoms with van der Waals surface area (Å²) >= 11 is 0. The second kappa shape index (κ2) is 13.6. The molecule has 0 N–H and O–H groups in total. The van der Waals surface area contributed by atoms with Gasteiger partial charge in [0.05, 0.1) is 0 Å². The van der Waals surface area contributed by atoms with Crippen LogP contribution in [0.3, 0.4) is 0 Å². The van der Waals surface area contributed by atoms with Gasteiger partial charge in [-0.2, -0.15) is 0 Å². The van der Waals surface area contributed by atoms with E-state index in [2.05, 4.69) is 159 Å². The minimum atomic E-state index is -0.674. The predicted octanol–water partition coefficient (Wildman–Crippen LogP) is 11.0. The Hall–Kier alpha value is -4.19. The molecule has 2 heteroatoms. The van der Waals surface area contributed by atoms with Crippen LogP contribution in [-0.4, -0.2) is 0 Å². The maximum atomic E-state index is 6.98. The Morgan fingerprint density at radius 2 is 1.45 bits per heavy atom. The van der Waals surface area contributed by atoms with Crippen LogP contribution in [0.5, 0.6) is 11.5 Å². The summed E-state index contributed by atoms with van der Waals surface area (Å²) in [6.45, 7) is 2.37. The third-order valence-electron chi connectivity index (χ3n) is 7.91. The lowest BCUT2D eigenvalue weighted by atomic mass is 9.95. The van der Waals surface area contributed by atoms with Gasteiger partial charge in [-0.25, -0.2) is 0 Å². The van der Waals surface area contributed by atoms with E-state index < -0.39 is 7.92 Å². The summed E-state index contributed by atoms with van der Waals surface area (Å²) in [6, 6.07) is 38.5. The number of para-hydroxylation sites is 2. The van der Waals surface area contributed by atoms with Gasteiger partial charge < -0.3 is 4.74 Å². The minimum absolute atomic E-state index is 0.513. The third kappa shape index (κ3) is 6.48. The van der Waals surface area contributed by atoms with Crippen molar-refractivity contribution in [2.75, 3.05) is 0 Å². The summed E-state index contributed by atoms with van der Waals surface area (Å²) in [5, 5.41) is 4.36. The van der Waals surface area contributed by atoms with Crippen LogP contribution in [0, 0.1) is 5.92 Å². The van der Waals surface area contributed by atoms with Crippen molar-refractivity contribution in [1.82, 2.24) is 0 Å². The van der Waals surface area contributed by atoms with E-state index in [0.29, 0.717) is 5.92 Å². The molecule has 0 bridgehead atoms. The molecule has 1 nitrogen and oxygen atoms in total. The van der Waals surface area contributed by atoms with Crippen LogP contribution in [0.15, 0.2) is 162 Å². The SMILES string of the molecule is CC1CC=CC=C1P(C1=CC=CCC1)c1ccccc1Oc1ccccc1/C(=C/Cc1ccccc1)c1ccccc1. The van der Waals surface area contributed by atoms with Gasteiger partial charge in [0.1, 0.15) is 11.5 Å². The second-order valence-corrected chi connectivity index (χ2v) is 13.1. The smallest absolute Gasteiger partial charge is 0.135 e. The van der Waals surface area contributed by atoms with Crippen LogP contribution in [0.1, 0.15) is 42.9 Å². The fourth-order valence-electron chi connectivity index (χ4n) is 5.72. The Balaban J connectivity index is 1.42. The molecule has 0 radical (unpaired) electrons. The van der Waals surface area contributed by atoms with E-state index in [1.165, 1.54) is 32.6 Å². The summed E-state index contributed by atoms with van der Waals surface area (Å²) in [5.41, 5.74) is 4.77. The van der Waals surface area contributed by atoms with Gasteiger partial charge in [-0.05, 0) is 79.0 Å². The predicted molar refractivity (Wildman–Crippen MR) is 181 cm³/mol. The Morgan fingerprint density at radius 3 is 2.21 bits per heavy atom. The molecule has 0 fully saturated rings. The Bertz CT molecular complexity index is 1660. The normalized spacial score (nSPS) is 17.4. The molecule has 2 unspecified atom stereocenters. The molecule has 0 amide bonds. The number of hydrogen-bond acceptors (Lipinski definition) is 1. The molecule has 2 atom stereocenters. The lowest BCUT2D eigenvalue weighted by molar-refractivity contribution is 0.485. The van der Waals surface area contributed by atoms with Crippen LogP contribution < -0.4 is 10.0 Å². The van der Waals surface area contributed by atoms with Gasteiger partial charge in [-0.1, -0.05) is 147 Å². The van der Waals surface area contributed by atoms with Crippen molar-refractivity contribution in [3.05, 3.63) is 179 Å². The molecule has 2 aliphatic carbocycles. The summed E-state index contributed by atoms with van der Waals surface area (Å²) in [6.07, 6.45) is 20.2. The standard InChI is InChI=1S/C40H37OP/c1-31-17-11-15-27-39(31)42(34-22-9-4-10-23-34)40-28-16-14-26-38(40)41-37-25-13-12-24-36(37)35(33-20-7-3-8-21-33)30-29-32-18-5-2-6-19-32/h2-9,11-16,18-22,24-28,30-31H,10,17,23,29H2,1H3/b35-30+. The zero-order valence-electron chi connectivity index (χ0n) is 24.2. The van der Waals surface area contributed by atoms with Crippen molar-refractivity contribution in [1.29, 1.82) is 0 Å². The maximum Gasteiger partial charge on any atom is 0.135 e. The molecule has 6 rings (SSSR count). The largest absolute Gasteiger partial charge is 0.456 e. The van der Waals surface area contributed by atoms with E-state index in [0.717, 1.165) is 42.7 Å². The van der Waals surface area contributed by atoms with Crippen molar-refractivity contribution >= 4 is 18.8 Å². The molecular weight excluding hydrogens is 527 g/mol. The maximum absolute atomic E-state index is 6.98. The van der Waals surface area contributed by atoms with Gasteiger partial charge >= 0.3 is 0 Å². The number of rotatable bonds is 9. The quantitative estimate of drug-likeness (QED) is 0.184. The van der Waals surface area contributed by atoms with Crippen molar-refractivity contribution < 1.29 is 4.74 Å². The molecule has 4 aromatic rings. The summed E-state index contributed by atoms with van der Waals surface area (Å²) in [4.78, 5) is 0. The van der Waals surface area contributed by atoms with E-state index >= 15 is 0 Å². The summed E-state index contributed by atoms with van der Waals surface area (Å²) in [5.74, 6) is 2.34. The molecule has 42 heavy (non-hydrogen) atoms. The summed E-state index contributed by atoms with van der Waals surface area (Å²) < 4.78 is 6.98. The van der Waals surface area contributed by atoms with E-state index in [1.54, 1.807) is 0 Å². The van der Waals surface area contributed by atoms with Gasteiger partial charge in [-0.15, -0.1) is 0 Å². The lowest BCUT2D eigenvalue weighted by Gasteiger charge is -2.31. The Kier molecular flexibility index (Phi) is 9.08. The molecule has 2 aliphatic rings. The van der Waals surface area contributed by atoms with Crippen LogP contribution >= 0.6 is 7.92 Å². The molecule has 0 saturated carbocycles. The first kappa shape index (κ1) is 28.0. The van der Waals surface area contributed by atoms with Crippen molar-refractivity contribution in [3.63, 3.8) is 0 Å². The molecule has 4 aromatic carbocycles. The highest BCUT2D eigenvalue weighted by Crippen LogP contribution is 2.59. The summed E-state index contributed by atoms with van der Waals surface area (Å²) in [7, 11) is -0.674. The van der Waals surface area contributed by atoms with Crippen LogP contribution in [-0.2, 0) is 6.42 Å². The lowest BCUT2D eigenvalue weighted by Crippen LogP contribution is -2.13. The van der Waals surface area contributed by atoms with E-state index in [1.807, 2.05) is 0 Å². The van der Waals surface area contributed by atoms with Crippen LogP contribution in [0.25, 0.3) is 5.57 Å². The van der Waals surface area contributed by atoms with Crippen molar-refractivity contribution in [3.8, 4) is 11.5 Å². The van der Waals surface area contributed by atoms with Gasteiger partial charge in [0.25, 0.3) is 0 Å². The highest BCUT2D eigenvalue weighted by molar-refractivity contribution is 7.73. The first-order chi connectivity index (χ1) is 20.8. The fourth-order valence-corrected chi connectivity index (χ4v) is 8.59. The molecule has 0 spiro atoms. The molecular formula is C40H37OP. The van der Waals surface area contributed by atoms with Crippen LogP contribution in [0.2, 0.25) is 0 Å². The zero-order valence-corrected chi connectivity index (χ0v) is 25.1. The monoisotopic (exact) mass is 564 g/mol. The van der Waals surface area contributed by atoms with Crippen molar-refractivity contribution in [2.24, 2.45) is 5.92 Å². The average molecular weight is 565 g/mol. The third-order valence-corrected chi connectivity index (χ3v) is 10.8. The van der Waals surface area contributed by atoms with Crippen molar-refractivity contribution in [2.45, 2.75) is 32.6 Å². The molecule has 0 aromatic heterocycles. The second-order valence-electron chi connectivity index (χ2n) is 10.9. The molecule has 0 aliphatic heterocycles. The molecule has 0 heterocycles. The number of hydrogen-bond donors (Lipinski definition) is 0. The van der Waals surface area contributed by atoms with Gasteiger partial charge in [0.15, 0.2) is 0 Å². The minimum Gasteiger partial charge on any atom is -0.456 e.